The van der Waals surface area contributed by atoms with Crippen LogP contribution in [0.1, 0.15) is 39.2 Å². The number of benzene rings is 1. The van der Waals surface area contributed by atoms with Crippen LogP contribution in [0.4, 0.5) is 0 Å². The summed E-state index contributed by atoms with van der Waals surface area (Å²) in [5.74, 6) is -0.167. The molecule has 1 aliphatic heterocycles. The van der Waals surface area contributed by atoms with Crippen LogP contribution in [0, 0.1) is 6.92 Å². The fourth-order valence-electron chi connectivity index (χ4n) is 4.42. The average Bonchev–Trinajstić information content (AvgIpc) is 3.07. The Morgan fingerprint density at radius 3 is 2.74 bits per heavy atom. The van der Waals surface area contributed by atoms with Gasteiger partial charge in [-0.05, 0) is 42.5 Å². The molecule has 0 spiro atoms. The van der Waals surface area contributed by atoms with Crippen LogP contribution in [-0.4, -0.2) is 47.2 Å². The Labute approximate surface area is 200 Å². The van der Waals surface area contributed by atoms with Gasteiger partial charge in [-0.15, -0.1) is 0 Å². The van der Waals surface area contributed by atoms with Crippen molar-refractivity contribution in [2.24, 2.45) is 0 Å². The summed E-state index contributed by atoms with van der Waals surface area (Å²) in [6.45, 7) is 5.29. The first-order chi connectivity index (χ1) is 16.6. The third-order valence-electron chi connectivity index (χ3n) is 6.32. The number of aryl methyl sites for hydroxylation is 2. The molecule has 7 heteroatoms. The molecule has 178 valence electrons. The van der Waals surface area contributed by atoms with E-state index in [0.717, 1.165) is 38.0 Å². The first kappa shape index (κ1) is 23.7. The molecule has 1 aliphatic rings. The van der Waals surface area contributed by atoms with E-state index >= 15 is 0 Å². The number of esters is 1. The van der Waals surface area contributed by atoms with E-state index < -0.39 is 5.97 Å². The van der Waals surface area contributed by atoms with Gasteiger partial charge in [-0.25, -0.2) is 4.79 Å². The molecular formula is C27H31N3O4. The molecule has 4 rings (SSSR count). The Morgan fingerprint density at radius 1 is 1.12 bits per heavy atom. The van der Waals surface area contributed by atoms with Gasteiger partial charge in [0.1, 0.15) is 11.3 Å². The Hall–Kier alpha value is -3.45. The Balaban J connectivity index is 1.51. The highest BCUT2D eigenvalue weighted by Gasteiger charge is 2.26. The van der Waals surface area contributed by atoms with Crippen molar-refractivity contribution in [3.8, 4) is 5.75 Å². The molecular weight excluding hydrogens is 430 g/mol. The Morgan fingerprint density at radius 2 is 1.97 bits per heavy atom. The standard InChI is InChI=1S/C27H31N3O4/c1-20-7-3-4-10-22(20)19-29-13-11-23-26(27(32)33-2)24(17-25(31)30(23)15-14-29)34-16-6-9-21-8-5-12-28-18-21/h3-5,7-8,10,12,17-18H,6,9,11,13-16,19H2,1-2H3. The molecule has 0 fully saturated rings. The number of nitrogens with zero attached hydrogens (tertiary/aromatic N) is 3. The van der Waals surface area contributed by atoms with Crippen molar-refractivity contribution in [3.05, 3.63) is 93.2 Å². The van der Waals surface area contributed by atoms with Gasteiger partial charge in [0.05, 0.1) is 13.7 Å². The number of ether oxygens (including phenoxy) is 2. The van der Waals surface area contributed by atoms with Gasteiger partial charge in [-0.3, -0.25) is 14.7 Å². The highest BCUT2D eigenvalue weighted by molar-refractivity contribution is 5.93. The monoisotopic (exact) mass is 461 g/mol. The van der Waals surface area contributed by atoms with Gasteiger partial charge in [0.15, 0.2) is 0 Å². The van der Waals surface area contributed by atoms with Crippen LogP contribution in [0.2, 0.25) is 0 Å². The molecule has 1 aromatic carbocycles. The van der Waals surface area contributed by atoms with Crippen LogP contribution >= 0.6 is 0 Å². The van der Waals surface area contributed by atoms with Gasteiger partial charge in [0.2, 0.25) is 0 Å². The number of pyridine rings is 2. The summed E-state index contributed by atoms with van der Waals surface area (Å²) in [4.78, 5) is 32.2. The molecule has 0 saturated carbocycles. The summed E-state index contributed by atoms with van der Waals surface area (Å²) in [5.41, 5.74) is 4.54. The third kappa shape index (κ3) is 5.54. The minimum atomic E-state index is -0.474. The van der Waals surface area contributed by atoms with Crippen molar-refractivity contribution in [1.29, 1.82) is 0 Å². The molecule has 0 aliphatic carbocycles. The van der Waals surface area contributed by atoms with Crippen molar-refractivity contribution >= 4 is 5.97 Å². The zero-order valence-corrected chi connectivity index (χ0v) is 19.8. The maximum absolute atomic E-state index is 13.0. The van der Waals surface area contributed by atoms with Crippen molar-refractivity contribution in [2.75, 3.05) is 26.8 Å². The highest BCUT2D eigenvalue weighted by atomic mass is 16.5. The normalized spacial score (nSPS) is 13.7. The topological polar surface area (TPSA) is 73.7 Å². The van der Waals surface area contributed by atoms with Crippen LogP contribution in [-0.2, 0) is 30.7 Å². The molecule has 3 heterocycles. The van der Waals surface area contributed by atoms with E-state index in [1.807, 2.05) is 30.5 Å². The maximum Gasteiger partial charge on any atom is 0.343 e. The number of fused-ring (bicyclic) bond motifs is 1. The maximum atomic E-state index is 13.0. The number of rotatable bonds is 8. The summed E-state index contributed by atoms with van der Waals surface area (Å²) >= 11 is 0. The molecule has 3 aromatic rings. The number of hydrogen-bond donors (Lipinski definition) is 0. The van der Waals surface area contributed by atoms with E-state index in [1.165, 1.54) is 24.3 Å². The van der Waals surface area contributed by atoms with E-state index in [-0.39, 0.29) is 5.56 Å². The molecule has 0 radical (unpaired) electrons. The number of carbonyl (C=O) groups excluding carboxylic acids is 1. The average molecular weight is 462 g/mol. The van der Waals surface area contributed by atoms with Crippen LogP contribution in [0.5, 0.6) is 5.75 Å². The second kappa shape index (κ2) is 11.1. The van der Waals surface area contributed by atoms with Crippen LogP contribution < -0.4 is 10.3 Å². The van der Waals surface area contributed by atoms with E-state index in [2.05, 4.69) is 28.9 Å². The molecule has 0 amide bonds. The van der Waals surface area contributed by atoms with Crippen molar-refractivity contribution in [1.82, 2.24) is 14.5 Å². The summed E-state index contributed by atoms with van der Waals surface area (Å²) in [6.07, 6.45) is 5.69. The number of aromatic nitrogens is 2. The summed E-state index contributed by atoms with van der Waals surface area (Å²) in [7, 11) is 1.36. The molecule has 7 nitrogen and oxygen atoms in total. The van der Waals surface area contributed by atoms with Crippen molar-refractivity contribution in [2.45, 2.75) is 39.3 Å². The molecule has 0 atom stereocenters. The lowest BCUT2D eigenvalue weighted by Gasteiger charge is -2.20. The fraction of sp³-hybridized carbons (Fsp3) is 0.370. The summed E-state index contributed by atoms with van der Waals surface area (Å²) in [5, 5.41) is 0. The Bertz CT molecular complexity index is 1190. The van der Waals surface area contributed by atoms with Gasteiger partial charge >= 0.3 is 5.97 Å². The zero-order chi connectivity index (χ0) is 23.9. The van der Waals surface area contributed by atoms with Crippen molar-refractivity contribution in [3.63, 3.8) is 0 Å². The lowest BCUT2D eigenvalue weighted by atomic mass is 10.1. The number of carbonyl (C=O) groups is 1. The minimum Gasteiger partial charge on any atom is -0.492 e. The fourth-order valence-corrected chi connectivity index (χ4v) is 4.42. The lowest BCUT2D eigenvalue weighted by Crippen LogP contribution is -2.29. The molecule has 2 aromatic heterocycles. The zero-order valence-electron chi connectivity index (χ0n) is 19.8. The van der Waals surface area contributed by atoms with Gasteiger partial charge in [0.25, 0.3) is 5.56 Å². The molecule has 0 unspecified atom stereocenters. The molecule has 34 heavy (non-hydrogen) atoms. The molecule has 0 saturated heterocycles. The van der Waals surface area contributed by atoms with Gasteiger partial charge in [-0.2, -0.15) is 0 Å². The third-order valence-corrected chi connectivity index (χ3v) is 6.32. The lowest BCUT2D eigenvalue weighted by molar-refractivity contribution is 0.0593. The number of methoxy groups -OCH3 is 1. The second-order valence-corrected chi connectivity index (χ2v) is 8.58. The van der Waals surface area contributed by atoms with E-state index in [1.54, 1.807) is 10.8 Å². The first-order valence-corrected chi connectivity index (χ1v) is 11.7. The van der Waals surface area contributed by atoms with E-state index in [4.69, 9.17) is 9.47 Å². The smallest absolute Gasteiger partial charge is 0.343 e. The van der Waals surface area contributed by atoms with Gasteiger partial charge < -0.3 is 14.0 Å². The van der Waals surface area contributed by atoms with E-state index in [9.17, 15) is 9.59 Å². The predicted octanol–water partition coefficient (Wildman–Crippen LogP) is 3.41. The minimum absolute atomic E-state index is 0.150. The number of hydrogen-bond acceptors (Lipinski definition) is 6. The molecule has 0 bridgehead atoms. The van der Waals surface area contributed by atoms with Gasteiger partial charge in [0, 0.05) is 56.8 Å². The summed E-state index contributed by atoms with van der Waals surface area (Å²) < 4.78 is 12.7. The first-order valence-electron chi connectivity index (χ1n) is 11.7. The molecule has 0 N–H and O–H groups in total. The van der Waals surface area contributed by atoms with Gasteiger partial charge in [-0.1, -0.05) is 30.3 Å². The van der Waals surface area contributed by atoms with Crippen molar-refractivity contribution < 1.29 is 14.3 Å². The predicted molar refractivity (Wildman–Crippen MR) is 130 cm³/mol. The van der Waals surface area contributed by atoms with Crippen LogP contribution in [0.25, 0.3) is 0 Å². The second-order valence-electron chi connectivity index (χ2n) is 8.58. The van der Waals surface area contributed by atoms with Crippen LogP contribution in [0.3, 0.4) is 0 Å². The van der Waals surface area contributed by atoms with Crippen LogP contribution in [0.15, 0.2) is 59.7 Å². The largest absolute Gasteiger partial charge is 0.492 e. The highest BCUT2D eigenvalue weighted by Crippen LogP contribution is 2.25. The Kier molecular flexibility index (Phi) is 7.75. The summed E-state index contributed by atoms with van der Waals surface area (Å²) in [6, 6.07) is 13.7. The SMILES string of the molecule is COC(=O)c1c(OCCCc2cccnc2)cc(=O)n2c1CCN(Cc1ccccc1C)CC2. The van der Waals surface area contributed by atoms with E-state index in [0.29, 0.717) is 36.6 Å². The quantitative estimate of drug-likeness (QED) is 0.378.